The van der Waals surface area contributed by atoms with Crippen LogP contribution < -0.4 is 4.90 Å². The molecule has 8 atom stereocenters. The van der Waals surface area contributed by atoms with E-state index in [9.17, 15) is 19.5 Å². The second kappa shape index (κ2) is 8.03. The van der Waals surface area contributed by atoms with Gasteiger partial charge in [0, 0.05) is 27.8 Å². The monoisotopic (exact) mass is 512 g/mol. The van der Waals surface area contributed by atoms with E-state index in [0.717, 1.165) is 10.1 Å². The molecule has 2 aromatic rings. The van der Waals surface area contributed by atoms with E-state index in [1.54, 1.807) is 13.0 Å². The first kappa shape index (κ1) is 23.4. The smallest absolute Gasteiger partial charge is 0.412 e. The molecule has 9 nitrogen and oxygen atoms in total. The van der Waals surface area contributed by atoms with Crippen LogP contribution in [0.15, 0.2) is 41.3 Å². The maximum atomic E-state index is 13.3. The van der Waals surface area contributed by atoms with Crippen molar-refractivity contribution in [2.75, 3.05) is 19.0 Å². The molecular formula is C26H28N2O7S. The number of ether oxygens (including phenoxy) is 3. The van der Waals surface area contributed by atoms with Crippen LogP contribution in [0.25, 0.3) is 10.1 Å². The van der Waals surface area contributed by atoms with E-state index in [2.05, 4.69) is 0 Å². The lowest BCUT2D eigenvalue weighted by atomic mass is 9.79. The molecular weight excluding hydrogens is 484 g/mol. The van der Waals surface area contributed by atoms with Crippen molar-refractivity contribution >= 4 is 45.1 Å². The van der Waals surface area contributed by atoms with Crippen LogP contribution in [-0.2, 0) is 23.8 Å². The van der Waals surface area contributed by atoms with Crippen molar-refractivity contribution in [1.29, 1.82) is 0 Å². The number of thiophene rings is 1. The Morgan fingerprint density at radius 2 is 1.94 bits per heavy atom. The minimum absolute atomic E-state index is 0.319. The van der Waals surface area contributed by atoms with E-state index in [4.69, 9.17) is 14.2 Å². The van der Waals surface area contributed by atoms with Gasteiger partial charge in [0.15, 0.2) is 0 Å². The Labute approximate surface area is 212 Å². The predicted octanol–water partition coefficient (Wildman–Crippen LogP) is 3.28. The molecule has 3 aliphatic heterocycles. The van der Waals surface area contributed by atoms with Crippen LogP contribution >= 0.6 is 11.3 Å². The van der Waals surface area contributed by atoms with Gasteiger partial charge in [0.05, 0.1) is 34.9 Å². The summed E-state index contributed by atoms with van der Waals surface area (Å²) in [5.74, 6) is -1.57. The van der Waals surface area contributed by atoms with Gasteiger partial charge in [-0.15, -0.1) is 11.3 Å². The summed E-state index contributed by atoms with van der Waals surface area (Å²) >= 11 is 1.47. The van der Waals surface area contributed by atoms with Gasteiger partial charge >= 0.3 is 18.0 Å². The van der Waals surface area contributed by atoms with Crippen molar-refractivity contribution < 1.29 is 33.7 Å². The molecule has 4 aliphatic rings. The zero-order chi connectivity index (χ0) is 25.5. The maximum Gasteiger partial charge on any atom is 0.412 e. The molecule has 2 bridgehead atoms. The molecule has 0 saturated carbocycles. The summed E-state index contributed by atoms with van der Waals surface area (Å²) in [4.78, 5) is 41.9. The lowest BCUT2D eigenvalue weighted by molar-refractivity contribution is -0.144. The van der Waals surface area contributed by atoms with Gasteiger partial charge in [0.1, 0.15) is 18.3 Å². The summed E-state index contributed by atoms with van der Waals surface area (Å²) in [5, 5.41) is 13.2. The van der Waals surface area contributed by atoms with E-state index in [1.165, 1.54) is 16.2 Å². The van der Waals surface area contributed by atoms with Crippen molar-refractivity contribution in [3.8, 4) is 0 Å². The molecule has 6 rings (SSSR count). The number of esters is 2. The molecule has 1 aromatic carbocycles. The van der Waals surface area contributed by atoms with Crippen LogP contribution in [0.2, 0.25) is 0 Å². The zero-order valence-electron chi connectivity index (χ0n) is 20.4. The van der Waals surface area contributed by atoms with Crippen molar-refractivity contribution in [2.45, 2.75) is 56.3 Å². The largest absolute Gasteiger partial charge is 0.465 e. The number of hydrogen-bond acceptors (Lipinski definition) is 8. The standard InChI is InChI=1S/C26H28N2O7S/c1-12-19-16-9-14(24(30)33-16)20(27(3)4)21(22-26(2,35-22)10-17(19)34-23(12)29)28(25(31)32)15-11-36-18-8-6-5-7-13(15)18/h5-9,11-12,16-17,19-22H,10H2,1-4H3,(H,31,32). The van der Waals surface area contributed by atoms with Crippen LogP contribution in [0, 0.1) is 11.8 Å². The fourth-order valence-electron chi connectivity index (χ4n) is 6.37. The van der Waals surface area contributed by atoms with Gasteiger partial charge in [0.2, 0.25) is 0 Å². The first-order valence-corrected chi connectivity index (χ1v) is 12.9. The van der Waals surface area contributed by atoms with Gasteiger partial charge < -0.3 is 24.2 Å². The third-order valence-electron chi connectivity index (χ3n) is 8.13. The molecule has 0 spiro atoms. The lowest BCUT2D eigenvalue weighted by Gasteiger charge is -2.38. The molecule has 190 valence electrons. The lowest BCUT2D eigenvalue weighted by Crippen LogP contribution is -2.57. The summed E-state index contributed by atoms with van der Waals surface area (Å²) in [6.07, 6.45) is -0.612. The molecule has 10 heteroatoms. The topological polar surface area (TPSA) is 109 Å². The zero-order valence-corrected chi connectivity index (χ0v) is 21.2. The number of epoxide rings is 1. The number of carbonyl (C=O) groups excluding carboxylic acids is 2. The van der Waals surface area contributed by atoms with Crippen LogP contribution in [0.4, 0.5) is 10.5 Å². The number of carboxylic acid groups (broad SMARTS) is 1. The SMILES string of the molecule is CC1C(=O)OC2CC3(C)OC3C(N(C(=O)O)c3csc4ccccc34)C(N(C)C)C3=CC(OC3=O)C21. The number of anilines is 1. The number of fused-ring (bicyclic) bond motifs is 5. The minimum Gasteiger partial charge on any atom is -0.465 e. The van der Waals surface area contributed by atoms with E-state index in [1.807, 2.05) is 55.6 Å². The van der Waals surface area contributed by atoms with Gasteiger partial charge in [-0.05, 0) is 33.2 Å². The number of nitrogens with zero attached hydrogens (tertiary/aromatic N) is 2. The third-order valence-corrected chi connectivity index (χ3v) is 9.08. The van der Waals surface area contributed by atoms with E-state index in [-0.39, 0.29) is 11.9 Å². The number of likely N-dealkylation sites (N-methyl/N-ethyl adjacent to an activating group) is 1. The highest BCUT2D eigenvalue weighted by atomic mass is 32.1. The van der Waals surface area contributed by atoms with Crippen LogP contribution in [0.3, 0.4) is 0 Å². The number of rotatable bonds is 3. The molecule has 1 amide bonds. The predicted molar refractivity (Wildman–Crippen MR) is 132 cm³/mol. The third kappa shape index (κ3) is 3.38. The Hall–Kier alpha value is -2.95. The first-order valence-electron chi connectivity index (χ1n) is 12.1. The molecule has 1 aliphatic carbocycles. The molecule has 0 radical (unpaired) electrons. The Balaban J connectivity index is 1.53. The van der Waals surface area contributed by atoms with Crippen LogP contribution in [0.5, 0.6) is 0 Å². The number of amides is 1. The second-order valence-corrected chi connectivity index (χ2v) is 11.5. The normalized spacial score (nSPS) is 37.1. The molecule has 1 N–H and O–H groups in total. The van der Waals surface area contributed by atoms with Gasteiger partial charge in [-0.25, -0.2) is 9.59 Å². The molecule has 8 unspecified atom stereocenters. The quantitative estimate of drug-likeness (QED) is 0.493. The maximum absolute atomic E-state index is 13.3. The van der Waals surface area contributed by atoms with Crippen molar-refractivity contribution in [3.05, 3.63) is 41.3 Å². The van der Waals surface area contributed by atoms with Crippen molar-refractivity contribution in [2.24, 2.45) is 11.8 Å². The Morgan fingerprint density at radius 1 is 1.19 bits per heavy atom. The highest BCUT2D eigenvalue weighted by Gasteiger charge is 2.65. The first-order chi connectivity index (χ1) is 17.1. The van der Waals surface area contributed by atoms with Crippen molar-refractivity contribution in [3.63, 3.8) is 0 Å². The highest BCUT2D eigenvalue weighted by Crippen LogP contribution is 2.52. The fraction of sp³-hybridized carbons (Fsp3) is 0.500. The average Bonchev–Trinajstić information content (AvgIpc) is 3.08. The van der Waals surface area contributed by atoms with Crippen molar-refractivity contribution in [1.82, 2.24) is 4.90 Å². The highest BCUT2D eigenvalue weighted by molar-refractivity contribution is 7.17. The number of hydrogen-bond donors (Lipinski definition) is 1. The number of benzene rings is 1. The van der Waals surface area contributed by atoms with Crippen LogP contribution in [0.1, 0.15) is 20.3 Å². The minimum atomic E-state index is -1.13. The van der Waals surface area contributed by atoms with E-state index >= 15 is 0 Å². The molecule has 36 heavy (non-hydrogen) atoms. The number of carbonyl (C=O) groups is 3. The summed E-state index contributed by atoms with van der Waals surface area (Å²) < 4.78 is 18.8. The molecule has 4 heterocycles. The fourth-order valence-corrected chi connectivity index (χ4v) is 7.31. The second-order valence-electron chi connectivity index (χ2n) is 10.6. The Bertz CT molecular complexity index is 1300. The van der Waals surface area contributed by atoms with Gasteiger partial charge in [0.25, 0.3) is 0 Å². The molecule has 2 fully saturated rings. The summed E-state index contributed by atoms with van der Waals surface area (Å²) in [6, 6.07) is 6.27. The van der Waals surface area contributed by atoms with Gasteiger partial charge in [-0.2, -0.15) is 0 Å². The average molecular weight is 513 g/mol. The summed E-state index contributed by atoms with van der Waals surface area (Å²) in [6.45, 7) is 3.73. The van der Waals surface area contributed by atoms with Gasteiger partial charge in [-0.1, -0.05) is 25.1 Å². The van der Waals surface area contributed by atoms with Crippen LogP contribution in [-0.4, -0.2) is 78.1 Å². The summed E-state index contributed by atoms with van der Waals surface area (Å²) in [7, 11) is 3.65. The molecule has 2 saturated heterocycles. The van der Waals surface area contributed by atoms with E-state index in [0.29, 0.717) is 17.7 Å². The summed E-state index contributed by atoms with van der Waals surface area (Å²) in [5.41, 5.74) is 0.203. The van der Waals surface area contributed by atoms with E-state index < -0.39 is 54.0 Å². The Kier molecular flexibility index (Phi) is 5.23. The molecule has 1 aromatic heterocycles. The Morgan fingerprint density at radius 3 is 2.67 bits per heavy atom. The van der Waals surface area contributed by atoms with Gasteiger partial charge in [-0.3, -0.25) is 9.69 Å².